The second kappa shape index (κ2) is 5.53. The van der Waals surface area contributed by atoms with Crippen molar-refractivity contribution in [3.8, 4) is 5.75 Å². The first-order chi connectivity index (χ1) is 8.57. The lowest BCUT2D eigenvalue weighted by atomic mass is 9.78. The zero-order chi connectivity index (χ0) is 13.0. The Balaban J connectivity index is 1.92. The first-order valence-corrected chi connectivity index (χ1v) is 6.66. The maximum absolute atomic E-state index is 12.0. The van der Waals surface area contributed by atoms with Crippen molar-refractivity contribution in [3.05, 3.63) is 29.8 Å². The van der Waals surface area contributed by atoms with Crippen LogP contribution in [0.15, 0.2) is 24.3 Å². The van der Waals surface area contributed by atoms with Gasteiger partial charge in [-0.3, -0.25) is 4.79 Å². The minimum Gasteiger partial charge on any atom is -0.508 e. The average molecular weight is 247 g/mol. The summed E-state index contributed by atoms with van der Waals surface area (Å²) in [6.07, 6.45) is 6.25. The van der Waals surface area contributed by atoms with Crippen molar-refractivity contribution in [2.45, 2.75) is 50.5 Å². The summed E-state index contributed by atoms with van der Waals surface area (Å²) in [4.78, 5) is 12.0. The van der Waals surface area contributed by atoms with Crippen LogP contribution in [-0.4, -0.2) is 16.4 Å². The molecule has 1 aromatic carbocycles. The number of phenols is 1. The van der Waals surface area contributed by atoms with Crippen LogP contribution in [0.4, 0.5) is 0 Å². The second-order valence-corrected chi connectivity index (χ2v) is 5.49. The minimum atomic E-state index is -0.286. The Hall–Kier alpha value is -1.35. The van der Waals surface area contributed by atoms with Gasteiger partial charge in [-0.1, -0.05) is 31.4 Å². The molecule has 0 heterocycles. The molecule has 1 saturated carbocycles. The molecule has 0 aromatic heterocycles. The number of carbonyl (C=O) groups excluding carboxylic acids is 1. The zero-order valence-corrected chi connectivity index (χ0v) is 10.7. The van der Waals surface area contributed by atoms with E-state index in [2.05, 4.69) is 0 Å². The molecule has 0 radical (unpaired) electrons. The van der Waals surface area contributed by atoms with Crippen molar-refractivity contribution < 1.29 is 9.90 Å². The standard InChI is InChI=1S/C15H21NO2/c16-15(7-2-1-3-8-15)11-14(18)10-12-5-4-6-13(17)9-12/h4-6,9,17H,1-3,7-8,10-11,16H2. The minimum absolute atomic E-state index is 0.171. The fraction of sp³-hybridized carbons (Fsp3) is 0.533. The highest BCUT2D eigenvalue weighted by Gasteiger charge is 2.29. The average Bonchev–Trinajstić information content (AvgIpc) is 2.28. The summed E-state index contributed by atoms with van der Waals surface area (Å²) in [6.45, 7) is 0. The normalized spacial score (nSPS) is 18.5. The number of Topliss-reactive ketones (excluding diaryl/α,β-unsaturated/α-hetero) is 1. The van der Waals surface area contributed by atoms with Gasteiger partial charge in [0.15, 0.2) is 0 Å². The van der Waals surface area contributed by atoms with Crippen LogP contribution in [0.3, 0.4) is 0 Å². The van der Waals surface area contributed by atoms with Crippen molar-refractivity contribution >= 4 is 5.78 Å². The molecule has 18 heavy (non-hydrogen) atoms. The summed E-state index contributed by atoms with van der Waals surface area (Å²) in [7, 11) is 0. The highest BCUT2D eigenvalue weighted by molar-refractivity contribution is 5.82. The Labute approximate surface area is 108 Å². The van der Waals surface area contributed by atoms with Gasteiger partial charge in [0.25, 0.3) is 0 Å². The van der Waals surface area contributed by atoms with Crippen LogP contribution < -0.4 is 5.73 Å². The molecule has 98 valence electrons. The van der Waals surface area contributed by atoms with Gasteiger partial charge in [-0.25, -0.2) is 0 Å². The van der Waals surface area contributed by atoms with Crippen LogP contribution in [-0.2, 0) is 11.2 Å². The lowest BCUT2D eigenvalue weighted by molar-refractivity contribution is -0.119. The monoisotopic (exact) mass is 247 g/mol. The summed E-state index contributed by atoms with van der Waals surface area (Å²) in [5.41, 5.74) is 6.85. The summed E-state index contributed by atoms with van der Waals surface area (Å²) in [6, 6.07) is 6.87. The van der Waals surface area contributed by atoms with E-state index in [0.29, 0.717) is 12.8 Å². The van der Waals surface area contributed by atoms with Gasteiger partial charge >= 0.3 is 0 Å². The van der Waals surface area contributed by atoms with E-state index in [1.165, 1.54) is 6.42 Å². The number of phenolic OH excluding ortho intramolecular Hbond substituents is 1. The van der Waals surface area contributed by atoms with Gasteiger partial charge in [-0.15, -0.1) is 0 Å². The number of aromatic hydroxyl groups is 1. The predicted molar refractivity (Wildman–Crippen MR) is 71.4 cm³/mol. The highest BCUT2D eigenvalue weighted by Crippen LogP contribution is 2.29. The molecule has 0 bridgehead atoms. The molecule has 3 nitrogen and oxygen atoms in total. The number of ketones is 1. The molecule has 2 rings (SSSR count). The molecule has 1 fully saturated rings. The summed E-state index contributed by atoms with van der Waals surface area (Å²) < 4.78 is 0. The third-order valence-electron chi connectivity index (χ3n) is 3.71. The third-order valence-corrected chi connectivity index (χ3v) is 3.71. The number of nitrogens with two attached hydrogens (primary N) is 1. The van der Waals surface area contributed by atoms with E-state index in [9.17, 15) is 9.90 Å². The Morgan fingerprint density at radius 3 is 2.67 bits per heavy atom. The summed E-state index contributed by atoms with van der Waals surface area (Å²) in [5.74, 6) is 0.380. The quantitative estimate of drug-likeness (QED) is 0.859. The predicted octanol–water partition coefficient (Wildman–Crippen LogP) is 2.56. The van der Waals surface area contributed by atoms with Gasteiger partial charge in [0, 0.05) is 18.4 Å². The molecule has 3 N–H and O–H groups in total. The molecule has 0 amide bonds. The molecule has 0 unspecified atom stereocenters. The molecule has 0 aliphatic heterocycles. The van der Waals surface area contributed by atoms with Gasteiger partial charge in [-0.05, 0) is 30.5 Å². The van der Waals surface area contributed by atoms with E-state index in [0.717, 1.165) is 31.2 Å². The molecule has 1 aromatic rings. The Kier molecular flexibility index (Phi) is 4.02. The lowest BCUT2D eigenvalue weighted by Crippen LogP contribution is -2.43. The molecular weight excluding hydrogens is 226 g/mol. The number of hydrogen-bond acceptors (Lipinski definition) is 3. The highest BCUT2D eigenvalue weighted by atomic mass is 16.3. The van der Waals surface area contributed by atoms with E-state index in [4.69, 9.17) is 5.73 Å². The van der Waals surface area contributed by atoms with Gasteiger partial charge in [0.05, 0.1) is 0 Å². The summed E-state index contributed by atoms with van der Waals surface area (Å²) >= 11 is 0. The number of benzene rings is 1. The molecule has 1 aliphatic rings. The maximum Gasteiger partial charge on any atom is 0.139 e. The molecule has 3 heteroatoms. The van der Waals surface area contributed by atoms with Gasteiger partial charge in [0.1, 0.15) is 11.5 Å². The van der Waals surface area contributed by atoms with Crippen LogP contribution >= 0.6 is 0 Å². The zero-order valence-electron chi connectivity index (χ0n) is 10.7. The van der Waals surface area contributed by atoms with Crippen LogP contribution in [0.5, 0.6) is 5.75 Å². The number of rotatable bonds is 4. The largest absolute Gasteiger partial charge is 0.508 e. The van der Waals surface area contributed by atoms with Crippen molar-refractivity contribution in [1.29, 1.82) is 0 Å². The number of carbonyl (C=O) groups is 1. The van der Waals surface area contributed by atoms with Gasteiger partial charge in [-0.2, -0.15) is 0 Å². The van der Waals surface area contributed by atoms with E-state index in [1.807, 2.05) is 6.07 Å². The second-order valence-electron chi connectivity index (χ2n) is 5.49. The Morgan fingerprint density at radius 2 is 2.00 bits per heavy atom. The van der Waals surface area contributed by atoms with Crippen LogP contribution in [0.1, 0.15) is 44.1 Å². The fourth-order valence-electron chi connectivity index (χ4n) is 2.78. The molecular formula is C15H21NO2. The van der Waals surface area contributed by atoms with E-state index in [-0.39, 0.29) is 17.1 Å². The maximum atomic E-state index is 12.0. The van der Waals surface area contributed by atoms with Gasteiger partial charge in [0.2, 0.25) is 0 Å². The number of hydrogen-bond donors (Lipinski definition) is 2. The van der Waals surface area contributed by atoms with Crippen molar-refractivity contribution in [2.75, 3.05) is 0 Å². The molecule has 0 spiro atoms. The smallest absolute Gasteiger partial charge is 0.139 e. The lowest BCUT2D eigenvalue weighted by Gasteiger charge is -2.32. The fourth-order valence-corrected chi connectivity index (χ4v) is 2.78. The van der Waals surface area contributed by atoms with Crippen LogP contribution in [0.2, 0.25) is 0 Å². The van der Waals surface area contributed by atoms with Crippen molar-refractivity contribution in [3.63, 3.8) is 0 Å². The van der Waals surface area contributed by atoms with Gasteiger partial charge < -0.3 is 10.8 Å². The van der Waals surface area contributed by atoms with Crippen LogP contribution in [0, 0.1) is 0 Å². The van der Waals surface area contributed by atoms with Crippen molar-refractivity contribution in [1.82, 2.24) is 0 Å². The Morgan fingerprint density at radius 1 is 1.28 bits per heavy atom. The first-order valence-electron chi connectivity index (χ1n) is 6.66. The van der Waals surface area contributed by atoms with E-state index < -0.39 is 0 Å². The summed E-state index contributed by atoms with van der Waals surface area (Å²) in [5, 5.41) is 9.36. The SMILES string of the molecule is NC1(CC(=O)Cc2cccc(O)c2)CCCCC1. The van der Waals surface area contributed by atoms with Crippen molar-refractivity contribution in [2.24, 2.45) is 5.73 Å². The molecule has 0 atom stereocenters. The van der Waals surface area contributed by atoms with E-state index in [1.54, 1.807) is 18.2 Å². The van der Waals surface area contributed by atoms with E-state index >= 15 is 0 Å². The molecule has 1 aliphatic carbocycles. The topological polar surface area (TPSA) is 63.3 Å². The third kappa shape index (κ3) is 3.57. The molecule has 0 saturated heterocycles. The first kappa shape index (κ1) is 13.1. The van der Waals surface area contributed by atoms with Crippen LogP contribution in [0.25, 0.3) is 0 Å². The Bertz CT molecular complexity index is 422.